The molecule has 3 rings (SSSR count). The molecule has 1 atom stereocenters. The second-order valence-electron chi connectivity index (χ2n) is 6.15. The van der Waals surface area contributed by atoms with Gasteiger partial charge in [-0.05, 0) is 25.0 Å². The molecule has 1 aliphatic carbocycles. The predicted octanol–water partition coefficient (Wildman–Crippen LogP) is 2.80. The normalized spacial score (nSPS) is 26.8. The van der Waals surface area contributed by atoms with Crippen LogP contribution in [-0.4, -0.2) is 16.0 Å². The number of hydrogen-bond acceptors (Lipinski definition) is 5. The van der Waals surface area contributed by atoms with E-state index in [9.17, 15) is 0 Å². The van der Waals surface area contributed by atoms with Crippen LogP contribution in [0.3, 0.4) is 0 Å². The summed E-state index contributed by atoms with van der Waals surface area (Å²) in [5.41, 5.74) is 10.7. The number of nitrogens with one attached hydrogen (secondary N) is 3. The summed E-state index contributed by atoms with van der Waals surface area (Å²) in [5, 5.41) is 2.32. The van der Waals surface area contributed by atoms with E-state index in [1.807, 2.05) is 18.3 Å². The van der Waals surface area contributed by atoms with Crippen molar-refractivity contribution in [2.75, 3.05) is 0 Å². The highest BCUT2D eigenvalue weighted by Crippen LogP contribution is 2.26. The Morgan fingerprint density at radius 2 is 1.67 bits per heavy atom. The quantitative estimate of drug-likeness (QED) is 0.781. The molecular weight excluding hydrogens is 262 g/mol. The third kappa shape index (κ3) is 4.01. The molecular formula is C16H27N5. The maximum absolute atomic E-state index is 4.50. The van der Waals surface area contributed by atoms with Gasteiger partial charge in [-0.3, -0.25) is 4.98 Å². The largest absolute Gasteiger partial charge is 0.258 e. The van der Waals surface area contributed by atoms with E-state index in [2.05, 4.69) is 32.6 Å². The fourth-order valence-electron chi connectivity index (χ4n) is 3.42. The van der Waals surface area contributed by atoms with Gasteiger partial charge in [-0.1, -0.05) is 51.0 Å². The van der Waals surface area contributed by atoms with Crippen LogP contribution in [0.1, 0.15) is 69.6 Å². The molecule has 2 fully saturated rings. The standard InChI is InChI=1S/C16H27N5/c1-2-4-6-10-14(11-7-5-3-1)21-16(18-19-20-21)15-12-8-9-13-17-15/h8-9,12-14,16,18-20H,1-7,10-11H2. The Hall–Kier alpha value is -1.01. The van der Waals surface area contributed by atoms with Crippen molar-refractivity contribution in [2.24, 2.45) is 0 Å². The van der Waals surface area contributed by atoms with Gasteiger partial charge in [0, 0.05) is 12.2 Å². The van der Waals surface area contributed by atoms with Crippen molar-refractivity contribution in [1.29, 1.82) is 0 Å². The first-order valence-electron chi connectivity index (χ1n) is 8.40. The highest BCUT2D eigenvalue weighted by atomic mass is 15.9. The smallest absolute Gasteiger partial charge is 0.131 e. The molecule has 5 nitrogen and oxygen atoms in total. The Bertz CT molecular complexity index is 400. The number of aromatic nitrogens is 1. The van der Waals surface area contributed by atoms with Crippen LogP contribution < -0.4 is 16.5 Å². The molecule has 1 aromatic heterocycles. The Morgan fingerprint density at radius 3 is 2.33 bits per heavy atom. The molecule has 116 valence electrons. The molecule has 1 unspecified atom stereocenters. The van der Waals surface area contributed by atoms with Gasteiger partial charge in [-0.15, -0.1) is 0 Å². The second kappa shape index (κ2) is 7.84. The van der Waals surface area contributed by atoms with Crippen molar-refractivity contribution in [1.82, 2.24) is 26.5 Å². The van der Waals surface area contributed by atoms with E-state index in [4.69, 9.17) is 0 Å². The highest BCUT2D eigenvalue weighted by Gasteiger charge is 2.32. The lowest BCUT2D eigenvalue weighted by Gasteiger charge is -2.31. The lowest BCUT2D eigenvalue weighted by atomic mass is 9.97. The van der Waals surface area contributed by atoms with Gasteiger partial charge in [0.1, 0.15) is 6.17 Å². The Kier molecular flexibility index (Phi) is 5.57. The summed E-state index contributed by atoms with van der Waals surface area (Å²) in [4.78, 5) is 4.50. The van der Waals surface area contributed by atoms with Crippen LogP contribution in [0, 0.1) is 0 Å². The topological polar surface area (TPSA) is 52.2 Å². The minimum atomic E-state index is 0.110. The van der Waals surface area contributed by atoms with Crippen LogP contribution in [0.15, 0.2) is 24.4 Å². The van der Waals surface area contributed by atoms with Crippen LogP contribution in [0.5, 0.6) is 0 Å². The Labute approximate surface area is 127 Å². The zero-order chi connectivity index (χ0) is 14.3. The maximum Gasteiger partial charge on any atom is 0.131 e. The molecule has 1 saturated carbocycles. The van der Waals surface area contributed by atoms with Gasteiger partial charge >= 0.3 is 0 Å². The van der Waals surface area contributed by atoms with Crippen molar-refractivity contribution >= 4 is 0 Å². The molecule has 0 amide bonds. The Balaban J connectivity index is 1.67. The van der Waals surface area contributed by atoms with Crippen molar-refractivity contribution in [3.63, 3.8) is 0 Å². The third-order valence-electron chi connectivity index (χ3n) is 4.61. The fourth-order valence-corrected chi connectivity index (χ4v) is 3.42. The van der Waals surface area contributed by atoms with E-state index in [0.29, 0.717) is 6.04 Å². The second-order valence-corrected chi connectivity index (χ2v) is 6.15. The lowest BCUT2D eigenvalue weighted by Crippen LogP contribution is -2.44. The zero-order valence-electron chi connectivity index (χ0n) is 12.7. The minimum Gasteiger partial charge on any atom is -0.258 e. The molecule has 0 radical (unpaired) electrons. The van der Waals surface area contributed by atoms with Gasteiger partial charge in [0.05, 0.1) is 5.69 Å². The van der Waals surface area contributed by atoms with Crippen LogP contribution in [0.2, 0.25) is 0 Å². The first-order chi connectivity index (χ1) is 10.4. The summed E-state index contributed by atoms with van der Waals surface area (Å²) >= 11 is 0. The molecule has 1 aliphatic heterocycles. The molecule has 5 heteroatoms. The molecule has 1 saturated heterocycles. The lowest BCUT2D eigenvalue weighted by molar-refractivity contribution is 0.0887. The molecule has 3 N–H and O–H groups in total. The summed E-state index contributed by atoms with van der Waals surface area (Å²) in [5.74, 6) is 0. The SMILES string of the molecule is c1ccc(C2NNNN2C2CCCCCCCCC2)nc1. The highest BCUT2D eigenvalue weighted by molar-refractivity contribution is 5.08. The molecule has 2 aliphatic rings. The first kappa shape index (κ1) is 14.9. The average molecular weight is 289 g/mol. The van der Waals surface area contributed by atoms with Gasteiger partial charge in [0.25, 0.3) is 0 Å². The molecule has 1 aromatic rings. The fraction of sp³-hybridized carbons (Fsp3) is 0.688. The van der Waals surface area contributed by atoms with Crippen LogP contribution in [0.4, 0.5) is 0 Å². The van der Waals surface area contributed by atoms with Gasteiger partial charge in [0.15, 0.2) is 0 Å². The van der Waals surface area contributed by atoms with Crippen molar-refractivity contribution in [3.8, 4) is 0 Å². The number of hydrogen-bond donors (Lipinski definition) is 3. The van der Waals surface area contributed by atoms with Crippen LogP contribution in [0.25, 0.3) is 0 Å². The molecule has 0 spiro atoms. The molecule has 2 heterocycles. The van der Waals surface area contributed by atoms with E-state index in [0.717, 1.165) is 5.69 Å². The van der Waals surface area contributed by atoms with Gasteiger partial charge in [-0.25, -0.2) is 10.4 Å². The number of hydrazine groups is 3. The summed E-state index contributed by atoms with van der Waals surface area (Å²) in [7, 11) is 0. The molecule has 0 aromatic carbocycles. The zero-order valence-corrected chi connectivity index (χ0v) is 12.7. The van der Waals surface area contributed by atoms with E-state index in [-0.39, 0.29) is 6.17 Å². The first-order valence-corrected chi connectivity index (χ1v) is 8.40. The predicted molar refractivity (Wildman–Crippen MR) is 83.6 cm³/mol. The van der Waals surface area contributed by atoms with E-state index in [1.54, 1.807) is 0 Å². The Morgan fingerprint density at radius 1 is 0.952 bits per heavy atom. The number of pyridine rings is 1. The molecule has 21 heavy (non-hydrogen) atoms. The monoisotopic (exact) mass is 289 g/mol. The van der Waals surface area contributed by atoms with Crippen molar-refractivity contribution < 1.29 is 0 Å². The summed E-state index contributed by atoms with van der Waals surface area (Å²) < 4.78 is 0. The number of nitrogens with zero attached hydrogens (tertiary/aromatic N) is 2. The van der Waals surface area contributed by atoms with Gasteiger partial charge < -0.3 is 0 Å². The van der Waals surface area contributed by atoms with Gasteiger partial charge in [0.2, 0.25) is 0 Å². The minimum absolute atomic E-state index is 0.110. The average Bonchev–Trinajstić information content (AvgIpc) is 3.03. The summed E-state index contributed by atoms with van der Waals surface area (Å²) in [6, 6.07) is 6.66. The summed E-state index contributed by atoms with van der Waals surface area (Å²) in [6.45, 7) is 0. The van der Waals surface area contributed by atoms with Crippen LogP contribution in [-0.2, 0) is 0 Å². The van der Waals surface area contributed by atoms with Crippen LogP contribution >= 0.6 is 0 Å². The third-order valence-corrected chi connectivity index (χ3v) is 4.61. The number of rotatable bonds is 2. The van der Waals surface area contributed by atoms with E-state index < -0.39 is 0 Å². The van der Waals surface area contributed by atoms with E-state index >= 15 is 0 Å². The van der Waals surface area contributed by atoms with Gasteiger partial charge in [-0.2, -0.15) is 11.1 Å². The van der Waals surface area contributed by atoms with Crippen molar-refractivity contribution in [2.45, 2.75) is 70.0 Å². The summed E-state index contributed by atoms with van der Waals surface area (Å²) in [6.07, 6.45) is 14.1. The maximum atomic E-state index is 4.50. The van der Waals surface area contributed by atoms with E-state index in [1.165, 1.54) is 57.8 Å². The molecule has 0 bridgehead atoms. The van der Waals surface area contributed by atoms with Crippen molar-refractivity contribution in [3.05, 3.63) is 30.1 Å².